The topological polar surface area (TPSA) is 29.0 Å². The van der Waals surface area contributed by atoms with Crippen LogP contribution in [0.1, 0.15) is 35.1 Å². The molecule has 0 aliphatic carbocycles. The lowest BCUT2D eigenvalue weighted by atomic mass is 9.88. The van der Waals surface area contributed by atoms with Gasteiger partial charge in [0.15, 0.2) is 0 Å². The molecule has 1 aromatic heterocycles. The molecule has 0 N–H and O–H groups in total. The van der Waals surface area contributed by atoms with Crippen LogP contribution in [0.4, 0.5) is 0 Å². The van der Waals surface area contributed by atoms with Crippen molar-refractivity contribution in [3.63, 3.8) is 0 Å². The van der Waals surface area contributed by atoms with Gasteiger partial charge in [0, 0.05) is 19.0 Å². The summed E-state index contributed by atoms with van der Waals surface area (Å²) in [6, 6.07) is 0. The fourth-order valence-electron chi connectivity index (χ4n) is 3.18. The normalized spacial score (nSPS) is 32.3. The van der Waals surface area contributed by atoms with Crippen LogP contribution >= 0.6 is 0 Å². The highest BCUT2D eigenvalue weighted by molar-refractivity contribution is 5.24. The summed E-state index contributed by atoms with van der Waals surface area (Å²) in [5, 5.41) is 0. The van der Waals surface area contributed by atoms with E-state index in [1.165, 1.54) is 31.7 Å². The zero-order valence-electron chi connectivity index (χ0n) is 10.3. The molecule has 2 bridgehead atoms. The van der Waals surface area contributed by atoms with Crippen molar-refractivity contribution in [3.8, 4) is 0 Å². The van der Waals surface area contributed by atoms with Crippen molar-refractivity contribution < 1.29 is 0 Å². The molecular formula is C13H19N3. The van der Waals surface area contributed by atoms with Crippen molar-refractivity contribution in [3.05, 3.63) is 22.8 Å². The molecule has 0 radical (unpaired) electrons. The van der Waals surface area contributed by atoms with Gasteiger partial charge < -0.3 is 4.90 Å². The molecular weight excluding hydrogens is 198 g/mol. The molecule has 0 spiro atoms. The highest BCUT2D eigenvalue weighted by Crippen LogP contribution is 2.39. The quantitative estimate of drug-likeness (QED) is 0.718. The fraction of sp³-hybridized carbons (Fsp3) is 0.692. The van der Waals surface area contributed by atoms with E-state index < -0.39 is 0 Å². The zero-order valence-corrected chi connectivity index (χ0v) is 10.3. The lowest BCUT2D eigenvalue weighted by molar-refractivity contribution is 0.342. The number of hydrogen-bond donors (Lipinski definition) is 0. The molecule has 2 saturated heterocycles. The first-order chi connectivity index (χ1) is 7.65. The summed E-state index contributed by atoms with van der Waals surface area (Å²) in [6.45, 7) is 9.98. The minimum Gasteiger partial charge on any atom is -0.302 e. The van der Waals surface area contributed by atoms with E-state index in [1.54, 1.807) is 0 Å². The second kappa shape index (κ2) is 3.52. The summed E-state index contributed by atoms with van der Waals surface area (Å²) >= 11 is 0. The van der Waals surface area contributed by atoms with Gasteiger partial charge >= 0.3 is 0 Å². The van der Waals surface area contributed by atoms with Crippen molar-refractivity contribution in [1.82, 2.24) is 14.9 Å². The minimum atomic E-state index is 0.639. The maximum atomic E-state index is 4.78. The number of aryl methyl sites for hydroxylation is 3. The predicted molar refractivity (Wildman–Crippen MR) is 63.5 cm³/mol. The van der Waals surface area contributed by atoms with Crippen molar-refractivity contribution in [2.75, 3.05) is 19.6 Å². The van der Waals surface area contributed by atoms with Crippen molar-refractivity contribution in [2.24, 2.45) is 5.92 Å². The van der Waals surface area contributed by atoms with Crippen molar-refractivity contribution >= 4 is 0 Å². The Morgan fingerprint density at radius 1 is 1.00 bits per heavy atom. The van der Waals surface area contributed by atoms with Crippen LogP contribution in [0.15, 0.2) is 0 Å². The number of aromatic nitrogens is 2. The summed E-state index contributed by atoms with van der Waals surface area (Å²) in [5.74, 6) is 1.47. The lowest BCUT2D eigenvalue weighted by Crippen LogP contribution is -2.24. The zero-order chi connectivity index (χ0) is 11.3. The maximum absolute atomic E-state index is 4.78. The van der Waals surface area contributed by atoms with Crippen LogP contribution in [0.2, 0.25) is 0 Å². The number of hydrogen-bond acceptors (Lipinski definition) is 3. The predicted octanol–water partition coefficient (Wildman–Crippen LogP) is 1.82. The first kappa shape index (κ1) is 10.2. The molecule has 3 nitrogen and oxygen atoms in total. The van der Waals surface area contributed by atoms with E-state index in [-0.39, 0.29) is 0 Å². The van der Waals surface area contributed by atoms with E-state index in [0.29, 0.717) is 5.92 Å². The molecule has 2 fully saturated rings. The van der Waals surface area contributed by atoms with Crippen LogP contribution in [0.3, 0.4) is 0 Å². The Morgan fingerprint density at radius 2 is 1.75 bits per heavy atom. The molecule has 3 heterocycles. The van der Waals surface area contributed by atoms with Crippen molar-refractivity contribution in [2.45, 2.75) is 33.1 Å². The Hall–Kier alpha value is -0.960. The molecule has 3 atom stereocenters. The third-order valence-electron chi connectivity index (χ3n) is 4.20. The molecule has 3 heteroatoms. The molecule has 3 rings (SSSR count). The smallest absolute Gasteiger partial charge is 0.0666 e. The maximum Gasteiger partial charge on any atom is 0.0666 e. The second-order valence-corrected chi connectivity index (χ2v) is 5.28. The van der Waals surface area contributed by atoms with E-state index in [9.17, 15) is 0 Å². The Labute approximate surface area is 96.9 Å². The first-order valence-electron chi connectivity index (χ1n) is 6.19. The van der Waals surface area contributed by atoms with Crippen LogP contribution in [0.25, 0.3) is 0 Å². The summed E-state index contributed by atoms with van der Waals surface area (Å²) < 4.78 is 0. The number of nitrogens with zero attached hydrogens (tertiary/aromatic N) is 3. The average molecular weight is 217 g/mol. The minimum absolute atomic E-state index is 0.639. The molecule has 0 saturated carbocycles. The van der Waals surface area contributed by atoms with Gasteiger partial charge in [-0.05, 0) is 39.7 Å². The first-order valence-corrected chi connectivity index (χ1v) is 6.19. The standard InChI is InChI=1S/C13H19N3/c1-8-9(2)15-13(10(3)14-8)12-7-16-5-4-11(12)6-16/h11-12H,4-7H2,1-3H3/t11-,12+/m0/s1. The Morgan fingerprint density at radius 3 is 2.38 bits per heavy atom. The van der Waals surface area contributed by atoms with E-state index >= 15 is 0 Å². The SMILES string of the molecule is Cc1nc(C)c([C@@H]2CN3CC[C@H]2C3)nc1C. The Bertz CT molecular complexity index is 427. The van der Waals surface area contributed by atoms with Gasteiger partial charge in [-0.2, -0.15) is 0 Å². The molecule has 2 aliphatic rings. The van der Waals surface area contributed by atoms with E-state index in [0.717, 1.165) is 23.0 Å². The van der Waals surface area contributed by atoms with Crippen LogP contribution in [0.5, 0.6) is 0 Å². The summed E-state index contributed by atoms with van der Waals surface area (Å²) in [5.41, 5.74) is 4.57. The van der Waals surface area contributed by atoms with E-state index in [2.05, 4.69) is 23.7 Å². The summed E-state index contributed by atoms with van der Waals surface area (Å²) in [6.07, 6.45) is 1.35. The molecule has 86 valence electrons. The van der Waals surface area contributed by atoms with Gasteiger partial charge in [-0.1, -0.05) is 0 Å². The molecule has 2 aliphatic heterocycles. The monoisotopic (exact) mass is 217 g/mol. The van der Waals surface area contributed by atoms with Gasteiger partial charge in [-0.15, -0.1) is 0 Å². The highest BCUT2D eigenvalue weighted by Gasteiger charge is 2.40. The van der Waals surface area contributed by atoms with Gasteiger partial charge in [-0.25, -0.2) is 0 Å². The third-order valence-corrected chi connectivity index (χ3v) is 4.20. The number of fused-ring (bicyclic) bond motifs is 2. The Balaban J connectivity index is 1.98. The highest BCUT2D eigenvalue weighted by atomic mass is 15.2. The van der Waals surface area contributed by atoms with Crippen LogP contribution in [-0.4, -0.2) is 34.5 Å². The molecule has 0 amide bonds. The van der Waals surface area contributed by atoms with Crippen LogP contribution in [-0.2, 0) is 0 Å². The largest absolute Gasteiger partial charge is 0.302 e. The van der Waals surface area contributed by atoms with Crippen molar-refractivity contribution in [1.29, 1.82) is 0 Å². The number of piperidine rings is 1. The molecule has 1 unspecified atom stereocenters. The van der Waals surface area contributed by atoms with Crippen LogP contribution < -0.4 is 0 Å². The Kier molecular flexibility index (Phi) is 2.25. The lowest BCUT2D eigenvalue weighted by Gasteiger charge is -2.23. The van der Waals surface area contributed by atoms with Gasteiger partial charge in [0.25, 0.3) is 0 Å². The summed E-state index contributed by atoms with van der Waals surface area (Å²) in [7, 11) is 0. The molecule has 0 aromatic carbocycles. The van der Waals surface area contributed by atoms with E-state index in [4.69, 9.17) is 4.98 Å². The molecule has 1 aromatic rings. The second-order valence-electron chi connectivity index (χ2n) is 5.28. The van der Waals surface area contributed by atoms with Gasteiger partial charge in [0.1, 0.15) is 0 Å². The van der Waals surface area contributed by atoms with E-state index in [1.807, 2.05) is 6.92 Å². The van der Waals surface area contributed by atoms with Gasteiger partial charge in [0.2, 0.25) is 0 Å². The van der Waals surface area contributed by atoms with Gasteiger partial charge in [-0.3, -0.25) is 9.97 Å². The third kappa shape index (κ3) is 1.46. The molecule has 16 heavy (non-hydrogen) atoms. The number of rotatable bonds is 1. The van der Waals surface area contributed by atoms with Gasteiger partial charge in [0.05, 0.1) is 22.8 Å². The fourth-order valence-corrected chi connectivity index (χ4v) is 3.18. The average Bonchev–Trinajstić information content (AvgIpc) is 2.84. The van der Waals surface area contributed by atoms with Crippen LogP contribution in [0, 0.1) is 26.7 Å². The summed E-state index contributed by atoms with van der Waals surface area (Å²) in [4.78, 5) is 12.0.